The minimum absolute atomic E-state index is 0.000806. The van der Waals surface area contributed by atoms with Crippen molar-refractivity contribution in [2.75, 3.05) is 57.8 Å². The van der Waals surface area contributed by atoms with E-state index >= 15 is 0 Å². The number of methoxy groups -OCH3 is 2. The summed E-state index contributed by atoms with van der Waals surface area (Å²) in [7, 11) is -5.30. The van der Waals surface area contributed by atoms with Crippen molar-refractivity contribution in [3.8, 4) is 45.8 Å². The predicted octanol–water partition coefficient (Wildman–Crippen LogP) is 14.8. The van der Waals surface area contributed by atoms with Crippen LogP contribution >= 0.6 is 38.0 Å². The number of pyridine rings is 2. The Morgan fingerprint density at radius 2 is 1.14 bits per heavy atom. The molecule has 2 aromatic carbocycles. The Balaban J connectivity index is 0.000000254. The van der Waals surface area contributed by atoms with E-state index in [1.165, 1.54) is 45.5 Å². The number of rotatable bonds is 38. The molecule has 8 N–H and O–H groups in total. The number of benzene rings is 2. The number of nitrogens with zero attached hydrogens (tertiary/aromatic N) is 6. The van der Waals surface area contributed by atoms with E-state index in [2.05, 4.69) is 51.6 Å². The maximum atomic E-state index is 14.8. The molecule has 3 saturated carbocycles. The average molecular weight is 1750 g/mol. The van der Waals surface area contributed by atoms with Gasteiger partial charge in [0.05, 0.1) is 69.6 Å². The quantitative estimate of drug-likeness (QED) is 0.0101. The standard InChI is InChI=1S/C44H63N6O9PS.C41H56N7O10PS/c1-11-15-16-17-18-19-33(48-42(53)59-43(7,8)9)40(52)50-26-31(23-37(50)39(51)49-44(25-29(44)12-2)60(54,56-13-3)57-14-4)58-38-24-35(36-27-61-41(47-36)45-28(5)6)46-34-22-30(55-10)20-21-32(34)38;1-9-24-20-41(24,37(51)47-59(53,54)56-10-2)46-35(49)32-18-27(21-48(32)36(50)34(40(5,6)7)45-39(52)58-25-13-11-12-14-25)57-33-19-30(31-22-60-38(44-31)42-23(3)4)43-29-17-26(55-8)15-16-28(29)33/h11-12,20-22,24,27-29,31,33,37H,1-2,13-19,23,25-26H2,3-10H3,(H,45,47)(H,48,53)(H,49,51);9,15-17,19,22-25,27,32,34H,1,10-14,18,20-21H2,2-8H3,(H,42,44)(H,45,52)(H,46,49)(H2,47,51,53,54)/t29?,31-,33+,37+,44?;24-,27-,32+,34-,41-/m11/s1. The molecule has 2 saturated heterocycles. The number of carbonyl (C=O) groups excluding carboxylic acids is 7. The molecule has 6 aromatic rings. The van der Waals surface area contributed by atoms with Gasteiger partial charge >= 0.3 is 27.5 Å². The number of aromatic nitrogens is 4. The van der Waals surface area contributed by atoms with Gasteiger partial charge in [-0.15, -0.1) is 42.4 Å². The van der Waals surface area contributed by atoms with Crippen LogP contribution in [0.2, 0.25) is 0 Å². The van der Waals surface area contributed by atoms with Crippen molar-refractivity contribution in [3.63, 3.8) is 0 Å². The molecule has 11 rings (SSSR count). The maximum absolute atomic E-state index is 14.8. The first-order valence-electron chi connectivity index (χ1n) is 41.4. The van der Waals surface area contributed by atoms with Gasteiger partial charge < -0.3 is 84.1 Å². The van der Waals surface area contributed by atoms with E-state index in [0.717, 1.165) is 55.2 Å². The van der Waals surface area contributed by atoms with Crippen molar-refractivity contribution in [1.82, 2.24) is 56.1 Å². The van der Waals surface area contributed by atoms with Gasteiger partial charge in [0.15, 0.2) is 10.3 Å². The number of ether oxygens (including phenoxy) is 6. The summed E-state index contributed by atoms with van der Waals surface area (Å²) >= 11 is 2.91. The number of unbranched alkanes of at least 4 members (excludes halogenated alkanes) is 3. The largest absolute Gasteiger partial charge is 0.497 e. The Kier molecular flexibility index (Phi) is 31.4. The number of carbonyl (C=O) groups is 7. The third-order valence-electron chi connectivity index (χ3n) is 21.2. The first-order chi connectivity index (χ1) is 57.3. The summed E-state index contributed by atoms with van der Waals surface area (Å²) in [5.41, 5.74) is 0.258. The zero-order chi connectivity index (χ0) is 88.1. The molecule has 11 atom stereocenters. The van der Waals surface area contributed by atoms with Gasteiger partial charge in [0.1, 0.15) is 93.3 Å². The minimum atomic E-state index is -4.54. The van der Waals surface area contributed by atoms with Gasteiger partial charge in [-0.2, -0.15) is 0 Å². The zero-order valence-electron chi connectivity index (χ0n) is 71.9. The minimum Gasteiger partial charge on any atom is -0.497 e. The number of thiazole rings is 2. The van der Waals surface area contributed by atoms with Crippen LogP contribution in [-0.2, 0) is 56.1 Å². The Labute approximate surface area is 716 Å². The van der Waals surface area contributed by atoms with E-state index in [1.54, 1.807) is 93.9 Å². The molecule has 3 unspecified atom stereocenters. The van der Waals surface area contributed by atoms with Crippen LogP contribution < -0.4 is 55.9 Å². The van der Waals surface area contributed by atoms with Crippen molar-refractivity contribution in [1.29, 1.82) is 0 Å². The highest BCUT2D eigenvalue weighted by Crippen LogP contribution is 2.73. The van der Waals surface area contributed by atoms with E-state index in [1.807, 2.05) is 80.0 Å². The maximum Gasteiger partial charge on any atom is 0.432 e. The third-order valence-corrected chi connectivity index (χ3v) is 26.7. The van der Waals surface area contributed by atoms with Crippen molar-refractivity contribution in [2.24, 2.45) is 17.3 Å². The fourth-order valence-corrected chi connectivity index (χ4v) is 20.2. The van der Waals surface area contributed by atoms with Crippen LogP contribution in [0.3, 0.4) is 0 Å². The summed E-state index contributed by atoms with van der Waals surface area (Å²) in [5, 5.41) is 25.3. The second-order valence-corrected chi connectivity index (χ2v) is 39.0. The number of allylic oxidation sites excluding steroid dienone is 1. The van der Waals surface area contributed by atoms with E-state index in [9.17, 15) is 47.6 Å². The summed E-state index contributed by atoms with van der Waals surface area (Å²) in [4.78, 5) is 131. The lowest BCUT2D eigenvalue weighted by Gasteiger charge is -2.35. The number of hydrogen-bond acceptors (Lipinski definition) is 26. The molecule has 2 aliphatic heterocycles. The molecule has 32 nitrogen and oxygen atoms in total. The van der Waals surface area contributed by atoms with Crippen molar-refractivity contribution in [2.45, 2.75) is 244 Å². The topological polar surface area (TPSA) is 399 Å². The van der Waals surface area contributed by atoms with Gasteiger partial charge in [-0.1, -0.05) is 51.8 Å². The summed E-state index contributed by atoms with van der Waals surface area (Å²) in [6.45, 7) is 35.1. The molecule has 0 bridgehead atoms. The number of likely N-dealkylation sites (tertiary alicyclic amines) is 2. The first-order valence-corrected chi connectivity index (χ1v) is 46.3. The molecule has 121 heavy (non-hydrogen) atoms. The van der Waals surface area contributed by atoms with E-state index < -0.39 is 127 Å². The molecule has 0 radical (unpaired) electrons. The monoisotopic (exact) mass is 1750 g/mol. The van der Waals surface area contributed by atoms with Crippen LogP contribution in [0.1, 0.15) is 173 Å². The van der Waals surface area contributed by atoms with Crippen LogP contribution in [0, 0.1) is 17.3 Å². The molecular formula is C85H119N13O19P2S2. The molecular weight excluding hydrogens is 1630 g/mol. The Morgan fingerprint density at radius 3 is 1.60 bits per heavy atom. The highest BCUT2D eigenvalue weighted by Gasteiger charge is 2.69. The average Bonchev–Trinajstić information content (AvgIpc) is 1.56. The normalized spacial score (nSPS) is 21.8. The fraction of sp³-hybridized carbons (Fsp3) is 0.565. The Hall–Kier alpha value is -9.27. The Morgan fingerprint density at radius 1 is 0.628 bits per heavy atom. The number of amides is 7. The second kappa shape index (κ2) is 40.4. The molecule has 660 valence electrons. The lowest BCUT2D eigenvalue weighted by atomic mass is 9.85. The van der Waals surface area contributed by atoms with Crippen molar-refractivity contribution < 1.29 is 89.6 Å². The fourth-order valence-electron chi connectivity index (χ4n) is 15.2. The van der Waals surface area contributed by atoms with E-state index in [4.69, 9.17) is 61.9 Å². The van der Waals surface area contributed by atoms with Crippen LogP contribution in [0.5, 0.6) is 23.0 Å². The van der Waals surface area contributed by atoms with Gasteiger partial charge in [-0.05, 0) is 157 Å². The second-order valence-electron chi connectivity index (χ2n) is 33.5. The lowest BCUT2D eigenvalue weighted by Crippen LogP contribution is -2.59. The molecule has 3 aliphatic carbocycles. The van der Waals surface area contributed by atoms with Gasteiger partial charge in [-0.25, -0.2) is 34.1 Å². The highest BCUT2D eigenvalue weighted by molar-refractivity contribution is 7.56. The number of hydrogen-bond donors (Lipinski definition) is 8. The van der Waals surface area contributed by atoms with Crippen molar-refractivity contribution >= 4 is 112 Å². The Bertz CT molecular complexity index is 4820. The van der Waals surface area contributed by atoms with Gasteiger partial charge in [0, 0.05) is 82.6 Å². The SMILES string of the molecule is C=CCCCCC[C@H](NC(=O)OC(C)(C)C)C(=O)N1C[C@H](Oc2cc(-c3csc(NC(C)C)n3)nc3cc(OC)ccc23)C[C@H]1C(=O)NC1(P(=O)(OCC)OCC)CC1C=C.C=C[C@@H]1C[C@]1(NC(=O)[C@@H]1C[C@@H](Oc2cc(-c3csc(NC(C)C)n3)nc3cc(OC)ccc23)CN1C(=O)[C@@H](NC(=O)OC1CCCC1)C(C)(C)C)C(=O)NP(=O)(O)OCC. The third kappa shape index (κ3) is 23.6. The summed E-state index contributed by atoms with van der Waals surface area (Å²) in [6, 6.07) is 10.4. The highest BCUT2D eigenvalue weighted by atomic mass is 32.1. The number of fused-ring (bicyclic) bond motifs is 2. The number of alkyl carbamates (subject to hydrolysis) is 2. The molecule has 4 aromatic heterocycles. The molecule has 5 aliphatic rings. The van der Waals surface area contributed by atoms with Gasteiger partial charge in [0.25, 0.3) is 5.91 Å². The number of anilines is 2. The first kappa shape index (κ1) is 94.0. The predicted molar refractivity (Wildman–Crippen MR) is 466 cm³/mol. The van der Waals surface area contributed by atoms with E-state index in [0.29, 0.717) is 80.4 Å². The molecule has 0 spiro atoms. The summed E-state index contributed by atoms with van der Waals surface area (Å²) < 4.78 is 79.1. The van der Waals surface area contributed by atoms with E-state index in [-0.39, 0.29) is 76.8 Å². The molecule has 5 fully saturated rings. The van der Waals surface area contributed by atoms with Crippen LogP contribution in [-0.4, -0.2) is 194 Å². The molecule has 36 heteroatoms. The van der Waals surface area contributed by atoms with Gasteiger partial charge in [0.2, 0.25) is 23.6 Å². The summed E-state index contributed by atoms with van der Waals surface area (Å²) in [6.07, 6.45) is 9.02. The van der Waals surface area contributed by atoms with Crippen molar-refractivity contribution in [3.05, 3.63) is 97.3 Å². The number of nitrogens with one attached hydrogen (secondary N) is 7. The van der Waals surface area contributed by atoms with Gasteiger partial charge in [-0.3, -0.25) is 38.1 Å². The zero-order valence-corrected chi connectivity index (χ0v) is 75.3. The van der Waals surface area contributed by atoms with Crippen LogP contribution in [0.4, 0.5) is 19.9 Å². The smallest absolute Gasteiger partial charge is 0.432 e. The lowest BCUT2D eigenvalue weighted by molar-refractivity contribution is -0.143. The molecule has 7 amide bonds. The molecule has 6 heterocycles. The van der Waals surface area contributed by atoms with Crippen LogP contribution in [0.15, 0.2) is 97.3 Å². The summed E-state index contributed by atoms with van der Waals surface area (Å²) in [5.74, 6) is -2.09. The van der Waals surface area contributed by atoms with Crippen LogP contribution in [0.25, 0.3) is 44.6 Å².